The SMILES string of the molecule is C[C@@H](C(=O)NC1CCCCC1)N(Cc1cccc(Br)c1)C(=O)CN(c1ccccc1F)S(=O)(=O)N(C)C. The molecular weight excluding hydrogens is 563 g/mol. The molecule has 0 aromatic heterocycles. The predicted molar refractivity (Wildman–Crippen MR) is 146 cm³/mol. The maximum absolute atomic E-state index is 14.7. The second kappa shape index (κ2) is 12.8. The summed E-state index contributed by atoms with van der Waals surface area (Å²) < 4.78 is 43.5. The van der Waals surface area contributed by atoms with Gasteiger partial charge in [-0.1, -0.05) is 59.5 Å². The summed E-state index contributed by atoms with van der Waals surface area (Å²) in [6.45, 7) is 1.03. The summed E-state index contributed by atoms with van der Waals surface area (Å²) >= 11 is 3.42. The summed E-state index contributed by atoms with van der Waals surface area (Å²) in [4.78, 5) is 28.3. The van der Waals surface area contributed by atoms with Gasteiger partial charge < -0.3 is 10.2 Å². The summed E-state index contributed by atoms with van der Waals surface area (Å²) in [6.07, 6.45) is 5.00. The topological polar surface area (TPSA) is 90.0 Å². The number of hydrogen-bond donors (Lipinski definition) is 1. The van der Waals surface area contributed by atoms with E-state index in [2.05, 4.69) is 21.2 Å². The van der Waals surface area contributed by atoms with E-state index in [1.807, 2.05) is 24.3 Å². The fourth-order valence-corrected chi connectivity index (χ4v) is 5.85. The maximum Gasteiger partial charge on any atom is 0.304 e. The third-order valence-corrected chi connectivity index (χ3v) is 8.80. The van der Waals surface area contributed by atoms with Gasteiger partial charge >= 0.3 is 10.2 Å². The van der Waals surface area contributed by atoms with E-state index in [-0.39, 0.29) is 24.2 Å². The van der Waals surface area contributed by atoms with E-state index in [0.29, 0.717) is 0 Å². The van der Waals surface area contributed by atoms with Crippen molar-refractivity contribution >= 4 is 43.6 Å². The second-order valence-corrected chi connectivity index (χ2v) is 12.4. The molecule has 1 fully saturated rings. The molecule has 0 aliphatic heterocycles. The van der Waals surface area contributed by atoms with Crippen molar-refractivity contribution in [3.8, 4) is 0 Å². The van der Waals surface area contributed by atoms with Gasteiger partial charge in [-0.3, -0.25) is 9.59 Å². The number of nitrogens with zero attached hydrogens (tertiary/aromatic N) is 3. The zero-order chi connectivity index (χ0) is 27.2. The molecule has 3 rings (SSSR count). The van der Waals surface area contributed by atoms with Crippen LogP contribution in [0, 0.1) is 5.82 Å². The second-order valence-electron chi connectivity index (χ2n) is 9.42. The fraction of sp³-hybridized carbons (Fsp3) is 0.462. The van der Waals surface area contributed by atoms with Crippen LogP contribution in [0.2, 0.25) is 0 Å². The van der Waals surface area contributed by atoms with Crippen molar-refractivity contribution in [3.63, 3.8) is 0 Å². The maximum atomic E-state index is 14.7. The molecule has 0 saturated heterocycles. The van der Waals surface area contributed by atoms with Crippen molar-refractivity contribution in [3.05, 3.63) is 64.4 Å². The van der Waals surface area contributed by atoms with Gasteiger partial charge in [-0.15, -0.1) is 0 Å². The molecule has 2 amide bonds. The van der Waals surface area contributed by atoms with Crippen molar-refractivity contribution in [2.45, 2.75) is 57.7 Å². The van der Waals surface area contributed by atoms with Crippen LogP contribution in [0.15, 0.2) is 53.0 Å². The van der Waals surface area contributed by atoms with Gasteiger partial charge in [0.15, 0.2) is 0 Å². The molecule has 0 unspecified atom stereocenters. The lowest BCUT2D eigenvalue weighted by molar-refractivity contribution is -0.139. The lowest BCUT2D eigenvalue weighted by Gasteiger charge is -2.34. The van der Waals surface area contributed by atoms with Gasteiger partial charge in [0.05, 0.1) is 5.69 Å². The third kappa shape index (κ3) is 7.52. The van der Waals surface area contributed by atoms with Crippen LogP contribution in [-0.2, 0) is 26.3 Å². The zero-order valence-electron chi connectivity index (χ0n) is 21.4. The molecule has 1 saturated carbocycles. The normalized spacial score (nSPS) is 15.3. The highest BCUT2D eigenvalue weighted by Gasteiger charge is 2.34. The highest BCUT2D eigenvalue weighted by Crippen LogP contribution is 2.24. The predicted octanol–water partition coefficient (Wildman–Crippen LogP) is 4.07. The minimum absolute atomic E-state index is 0.0514. The Morgan fingerprint density at radius 2 is 1.76 bits per heavy atom. The first-order valence-electron chi connectivity index (χ1n) is 12.3. The first-order valence-corrected chi connectivity index (χ1v) is 14.5. The van der Waals surface area contributed by atoms with Gasteiger partial charge in [0, 0.05) is 31.2 Å². The number of benzene rings is 2. The van der Waals surface area contributed by atoms with Crippen LogP contribution in [0.25, 0.3) is 0 Å². The number of halogens is 2. The lowest BCUT2D eigenvalue weighted by Crippen LogP contribution is -2.53. The van der Waals surface area contributed by atoms with Crippen molar-refractivity contribution in [2.75, 3.05) is 24.9 Å². The molecule has 0 bridgehead atoms. The molecule has 0 spiro atoms. The highest BCUT2D eigenvalue weighted by molar-refractivity contribution is 9.10. The summed E-state index contributed by atoms with van der Waals surface area (Å²) in [7, 11) is -1.59. The number of para-hydroxylation sites is 1. The van der Waals surface area contributed by atoms with Crippen LogP contribution < -0.4 is 9.62 Å². The molecule has 2 aromatic rings. The molecule has 1 atom stereocenters. The molecule has 0 heterocycles. The molecule has 37 heavy (non-hydrogen) atoms. The van der Waals surface area contributed by atoms with E-state index >= 15 is 0 Å². The molecule has 0 radical (unpaired) electrons. The number of anilines is 1. The van der Waals surface area contributed by atoms with Crippen molar-refractivity contribution in [1.29, 1.82) is 0 Å². The van der Waals surface area contributed by atoms with Crippen LogP contribution in [0.5, 0.6) is 0 Å². The van der Waals surface area contributed by atoms with E-state index in [4.69, 9.17) is 0 Å². The first-order chi connectivity index (χ1) is 17.5. The minimum Gasteiger partial charge on any atom is -0.352 e. The van der Waals surface area contributed by atoms with Crippen LogP contribution >= 0.6 is 15.9 Å². The number of carbonyl (C=O) groups is 2. The van der Waals surface area contributed by atoms with Crippen molar-refractivity contribution in [2.24, 2.45) is 0 Å². The Balaban J connectivity index is 1.93. The average Bonchev–Trinajstić information content (AvgIpc) is 2.86. The fourth-order valence-electron chi connectivity index (χ4n) is 4.34. The molecular formula is C26H34BrFN4O4S. The lowest BCUT2D eigenvalue weighted by atomic mass is 9.95. The summed E-state index contributed by atoms with van der Waals surface area (Å²) in [5, 5.41) is 3.05. The molecule has 202 valence electrons. The molecule has 1 aliphatic carbocycles. The number of carbonyl (C=O) groups excluding carboxylic acids is 2. The van der Waals surface area contributed by atoms with Crippen LogP contribution in [0.4, 0.5) is 10.1 Å². The van der Waals surface area contributed by atoms with E-state index < -0.39 is 34.5 Å². The van der Waals surface area contributed by atoms with Gasteiger partial charge in [-0.05, 0) is 49.6 Å². The Hall–Kier alpha value is -2.50. The van der Waals surface area contributed by atoms with Crippen molar-refractivity contribution < 1.29 is 22.4 Å². The Morgan fingerprint density at radius 3 is 2.38 bits per heavy atom. The average molecular weight is 598 g/mol. The van der Waals surface area contributed by atoms with Crippen molar-refractivity contribution in [1.82, 2.24) is 14.5 Å². The molecule has 11 heteroatoms. The van der Waals surface area contributed by atoms with E-state index in [0.717, 1.165) is 56.8 Å². The molecule has 1 aliphatic rings. The standard InChI is InChI=1S/C26H34BrFN4O4S/c1-19(26(34)29-22-12-5-4-6-13-22)31(17-20-10-9-11-21(27)16-20)25(33)18-32(37(35,36)30(2)3)24-15-8-7-14-23(24)28/h7-11,14-16,19,22H,4-6,12-13,17-18H2,1-3H3,(H,29,34)/t19-/m0/s1. The van der Waals surface area contributed by atoms with Gasteiger partial charge in [-0.25, -0.2) is 8.70 Å². The number of hydrogen-bond acceptors (Lipinski definition) is 4. The summed E-state index contributed by atoms with van der Waals surface area (Å²) in [5.74, 6) is -1.70. The monoisotopic (exact) mass is 596 g/mol. The van der Waals surface area contributed by atoms with Gasteiger partial charge in [0.1, 0.15) is 18.4 Å². The Bertz CT molecular complexity index is 1200. The number of rotatable bonds is 10. The number of amides is 2. The quantitative estimate of drug-likeness (QED) is 0.448. The molecule has 1 N–H and O–H groups in total. The third-order valence-electron chi connectivity index (χ3n) is 6.50. The zero-order valence-corrected chi connectivity index (χ0v) is 23.8. The van der Waals surface area contributed by atoms with E-state index in [9.17, 15) is 22.4 Å². The number of nitrogens with one attached hydrogen (secondary N) is 1. The Kier molecular flexibility index (Phi) is 10.1. The van der Waals surface area contributed by atoms with E-state index in [1.54, 1.807) is 6.92 Å². The minimum atomic E-state index is -4.22. The highest BCUT2D eigenvalue weighted by atomic mass is 79.9. The molecule has 8 nitrogen and oxygen atoms in total. The Morgan fingerprint density at radius 1 is 1.08 bits per heavy atom. The largest absolute Gasteiger partial charge is 0.352 e. The van der Waals surface area contributed by atoms with Crippen LogP contribution in [0.1, 0.15) is 44.6 Å². The van der Waals surface area contributed by atoms with Gasteiger partial charge in [0.2, 0.25) is 11.8 Å². The summed E-state index contributed by atoms with van der Waals surface area (Å²) in [6, 6.07) is 11.9. The van der Waals surface area contributed by atoms with Crippen LogP contribution in [0.3, 0.4) is 0 Å². The van der Waals surface area contributed by atoms with Gasteiger partial charge in [0.25, 0.3) is 0 Å². The van der Waals surface area contributed by atoms with E-state index in [1.165, 1.54) is 37.2 Å². The smallest absolute Gasteiger partial charge is 0.304 e. The van der Waals surface area contributed by atoms with Gasteiger partial charge in [-0.2, -0.15) is 12.7 Å². The first kappa shape index (κ1) is 29.1. The van der Waals surface area contributed by atoms with Crippen LogP contribution in [-0.4, -0.2) is 62.2 Å². The Labute approximate surface area is 227 Å². The molecule has 2 aromatic carbocycles. The summed E-state index contributed by atoms with van der Waals surface area (Å²) in [5.41, 5.74) is 0.513.